The van der Waals surface area contributed by atoms with Gasteiger partial charge in [0.05, 0.1) is 37.9 Å². The number of carboxylic acid groups (broad SMARTS) is 2. The van der Waals surface area contributed by atoms with Gasteiger partial charge in [-0.1, -0.05) is 12.1 Å². The van der Waals surface area contributed by atoms with Gasteiger partial charge in [-0.25, -0.2) is 0 Å². The van der Waals surface area contributed by atoms with Crippen molar-refractivity contribution in [3.63, 3.8) is 0 Å². The molecule has 0 bridgehead atoms. The lowest BCUT2D eigenvalue weighted by atomic mass is 9.55. The molecule has 1 saturated carbocycles. The Hall–Kier alpha value is -4.08. The molecule has 200 valence electrons. The van der Waals surface area contributed by atoms with E-state index in [4.69, 9.17) is 9.47 Å². The summed E-state index contributed by atoms with van der Waals surface area (Å²) in [6.45, 7) is 1.22. The number of nitrogens with zero attached hydrogens (tertiary/aromatic N) is 2. The number of carboxylic acids is 2. The smallest absolute Gasteiger partial charge is 0.308 e. The van der Waals surface area contributed by atoms with Gasteiger partial charge in [0.15, 0.2) is 0 Å². The molecule has 10 nitrogen and oxygen atoms in total. The number of rotatable bonds is 6. The highest BCUT2D eigenvalue weighted by molar-refractivity contribution is 5.99. The minimum atomic E-state index is -1.47. The van der Waals surface area contributed by atoms with Crippen LogP contribution in [0.1, 0.15) is 22.3 Å². The molecule has 2 heterocycles. The summed E-state index contributed by atoms with van der Waals surface area (Å²) in [5.74, 6) is -7.71. The molecule has 2 amide bonds. The number of hydrogen-bond acceptors (Lipinski definition) is 6. The molecule has 1 fully saturated rings. The number of aliphatic carboxylic acids is 2. The van der Waals surface area contributed by atoms with E-state index >= 15 is 0 Å². The topological polar surface area (TPSA) is 134 Å². The largest absolute Gasteiger partial charge is 0.497 e. The maximum absolute atomic E-state index is 13.7. The van der Waals surface area contributed by atoms with Crippen LogP contribution < -0.4 is 9.47 Å². The SMILES string of the molecule is COc1ccc2c(c1)CCN(C(=O)[C@H]1[C@@H](C(=O)O)[C@H](C(=O)O)[C@@H]1C(=O)N1CCc3cc(OC)ccc3C1)C2. The first-order chi connectivity index (χ1) is 18.2. The zero-order valence-electron chi connectivity index (χ0n) is 21.3. The summed E-state index contributed by atoms with van der Waals surface area (Å²) in [6, 6.07) is 11.2. The van der Waals surface area contributed by atoms with Gasteiger partial charge < -0.3 is 29.5 Å². The van der Waals surface area contributed by atoms with E-state index in [1.165, 1.54) is 0 Å². The number of benzene rings is 2. The maximum Gasteiger partial charge on any atom is 0.308 e. The molecule has 0 radical (unpaired) electrons. The standard InChI is InChI=1S/C28H30N2O8/c1-37-19-5-3-17-13-29(9-7-15(17)11-19)25(31)21-22(24(28(35)36)23(21)27(33)34)26(32)30-10-8-16-12-20(38-2)6-4-18(16)14-30/h3-6,11-12,21-24H,7-10,13-14H2,1-2H3,(H,33,34)(H,35,36)/t21-,22-,23-,24-/m1/s1. The van der Waals surface area contributed by atoms with E-state index in [9.17, 15) is 29.4 Å². The molecule has 5 rings (SSSR count). The van der Waals surface area contributed by atoms with E-state index in [0.29, 0.717) is 37.4 Å². The van der Waals surface area contributed by atoms with E-state index in [1.807, 2.05) is 24.3 Å². The predicted octanol–water partition coefficient (Wildman–Crippen LogP) is 1.82. The van der Waals surface area contributed by atoms with E-state index in [0.717, 1.165) is 22.3 Å². The van der Waals surface area contributed by atoms with Crippen LogP contribution in [-0.4, -0.2) is 71.1 Å². The Bertz CT molecular complexity index is 1210. The number of amides is 2. The molecule has 0 saturated heterocycles. The summed E-state index contributed by atoms with van der Waals surface area (Å²) >= 11 is 0. The molecule has 2 aliphatic heterocycles. The lowest BCUT2D eigenvalue weighted by Crippen LogP contribution is -2.64. The van der Waals surface area contributed by atoms with Gasteiger partial charge in [0, 0.05) is 26.2 Å². The van der Waals surface area contributed by atoms with Gasteiger partial charge in [0.25, 0.3) is 0 Å². The summed E-state index contributed by atoms with van der Waals surface area (Å²) < 4.78 is 10.6. The third-order valence-electron chi connectivity index (χ3n) is 8.16. The average Bonchev–Trinajstić information content (AvgIpc) is 2.90. The van der Waals surface area contributed by atoms with Crippen LogP contribution in [0.4, 0.5) is 0 Å². The molecule has 2 N–H and O–H groups in total. The zero-order chi connectivity index (χ0) is 27.1. The molecule has 10 heteroatoms. The second-order valence-electron chi connectivity index (χ2n) is 10.1. The molecular weight excluding hydrogens is 492 g/mol. The summed E-state index contributed by atoms with van der Waals surface area (Å²) in [4.78, 5) is 54.8. The van der Waals surface area contributed by atoms with Crippen LogP contribution in [0, 0.1) is 23.7 Å². The Balaban J connectivity index is 1.40. The van der Waals surface area contributed by atoms with Crippen molar-refractivity contribution >= 4 is 23.8 Å². The Morgan fingerprint density at radius 1 is 0.658 bits per heavy atom. The van der Waals surface area contributed by atoms with Gasteiger partial charge in [-0.2, -0.15) is 0 Å². The highest BCUT2D eigenvalue weighted by atomic mass is 16.5. The van der Waals surface area contributed by atoms with Crippen molar-refractivity contribution in [3.05, 3.63) is 58.7 Å². The van der Waals surface area contributed by atoms with Crippen LogP contribution in [0.15, 0.2) is 36.4 Å². The molecule has 2 aromatic carbocycles. The number of carbonyl (C=O) groups excluding carboxylic acids is 2. The number of methoxy groups -OCH3 is 2. The van der Waals surface area contributed by atoms with Gasteiger partial charge in [-0.3, -0.25) is 19.2 Å². The molecule has 1 aliphatic carbocycles. The van der Waals surface area contributed by atoms with Crippen LogP contribution in [0.2, 0.25) is 0 Å². The molecular formula is C28H30N2O8. The summed E-state index contributed by atoms with van der Waals surface area (Å²) in [5, 5.41) is 19.8. The van der Waals surface area contributed by atoms with Crippen molar-refractivity contribution in [1.82, 2.24) is 9.80 Å². The van der Waals surface area contributed by atoms with Crippen molar-refractivity contribution in [3.8, 4) is 11.5 Å². The van der Waals surface area contributed by atoms with Crippen LogP contribution in [0.25, 0.3) is 0 Å². The predicted molar refractivity (Wildman–Crippen MR) is 133 cm³/mol. The van der Waals surface area contributed by atoms with Gasteiger partial charge in [0.2, 0.25) is 11.8 Å². The summed E-state index contributed by atoms with van der Waals surface area (Å²) in [6.07, 6.45) is 1.10. The lowest BCUT2D eigenvalue weighted by molar-refractivity contribution is -0.188. The number of fused-ring (bicyclic) bond motifs is 2. The minimum absolute atomic E-state index is 0.262. The third-order valence-corrected chi connectivity index (χ3v) is 8.16. The fourth-order valence-corrected chi connectivity index (χ4v) is 6.09. The number of carbonyl (C=O) groups is 4. The first-order valence-electron chi connectivity index (χ1n) is 12.6. The Morgan fingerprint density at radius 2 is 1.05 bits per heavy atom. The second-order valence-corrected chi connectivity index (χ2v) is 10.1. The van der Waals surface area contributed by atoms with Crippen molar-refractivity contribution in [2.24, 2.45) is 23.7 Å². The second kappa shape index (κ2) is 10.00. The first kappa shape index (κ1) is 25.6. The fourth-order valence-electron chi connectivity index (χ4n) is 6.09. The molecule has 38 heavy (non-hydrogen) atoms. The Labute approximate surface area is 219 Å². The van der Waals surface area contributed by atoms with E-state index in [1.54, 1.807) is 36.2 Å². The summed E-state index contributed by atoms with van der Waals surface area (Å²) in [7, 11) is 3.16. The minimum Gasteiger partial charge on any atom is -0.497 e. The normalized spacial score (nSPS) is 23.9. The molecule has 2 aromatic rings. The first-order valence-corrected chi connectivity index (χ1v) is 12.6. The Kier molecular flexibility index (Phi) is 6.73. The van der Waals surface area contributed by atoms with Gasteiger partial charge in [-0.05, 0) is 59.4 Å². The molecule has 4 atom stereocenters. The van der Waals surface area contributed by atoms with Crippen LogP contribution in [-0.2, 0) is 45.1 Å². The van der Waals surface area contributed by atoms with Gasteiger partial charge in [-0.15, -0.1) is 0 Å². The van der Waals surface area contributed by atoms with E-state index < -0.39 is 47.4 Å². The van der Waals surface area contributed by atoms with Crippen molar-refractivity contribution < 1.29 is 38.9 Å². The molecule has 0 unspecified atom stereocenters. The van der Waals surface area contributed by atoms with Crippen LogP contribution in [0.5, 0.6) is 11.5 Å². The highest BCUT2D eigenvalue weighted by Crippen LogP contribution is 2.49. The monoisotopic (exact) mass is 522 g/mol. The molecule has 0 spiro atoms. The zero-order valence-corrected chi connectivity index (χ0v) is 21.3. The quantitative estimate of drug-likeness (QED) is 0.587. The van der Waals surface area contributed by atoms with E-state index in [2.05, 4.69) is 0 Å². The number of hydrogen-bond donors (Lipinski definition) is 2. The average molecular weight is 523 g/mol. The van der Waals surface area contributed by atoms with E-state index in [-0.39, 0.29) is 13.1 Å². The van der Waals surface area contributed by atoms with Crippen molar-refractivity contribution in [1.29, 1.82) is 0 Å². The van der Waals surface area contributed by atoms with Gasteiger partial charge >= 0.3 is 11.9 Å². The lowest BCUT2D eigenvalue weighted by Gasteiger charge is -2.49. The molecule has 0 aromatic heterocycles. The summed E-state index contributed by atoms with van der Waals surface area (Å²) in [5.41, 5.74) is 3.91. The van der Waals surface area contributed by atoms with Crippen LogP contribution >= 0.6 is 0 Å². The van der Waals surface area contributed by atoms with Crippen molar-refractivity contribution in [2.75, 3.05) is 27.3 Å². The van der Waals surface area contributed by atoms with Gasteiger partial charge in [0.1, 0.15) is 11.5 Å². The molecule has 3 aliphatic rings. The Morgan fingerprint density at radius 3 is 1.39 bits per heavy atom. The number of ether oxygens (including phenoxy) is 2. The third kappa shape index (κ3) is 4.33. The van der Waals surface area contributed by atoms with Crippen molar-refractivity contribution in [2.45, 2.75) is 25.9 Å². The fraction of sp³-hybridized carbons (Fsp3) is 0.429. The van der Waals surface area contributed by atoms with Crippen LogP contribution in [0.3, 0.4) is 0 Å². The highest BCUT2D eigenvalue weighted by Gasteiger charge is 2.65. The maximum atomic E-state index is 13.7.